The van der Waals surface area contributed by atoms with Crippen LogP contribution in [0.3, 0.4) is 0 Å². The summed E-state index contributed by atoms with van der Waals surface area (Å²) >= 11 is 0. The van der Waals surface area contributed by atoms with Crippen LogP contribution in [0.25, 0.3) is 44.8 Å². The van der Waals surface area contributed by atoms with Crippen LogP contribution in [0.2, 0.25) is 0 Å². The Hall–Kier alpha value is -5.74. The number of H-pyrrole nitrogens is 2. The Morgan fingerprint density at radius 2 is 1.03 bits per heavy atom. The van der Waals surface area contributed by atoms with Crippen molar-refractivity contribution < 1.29 is 22.3 Å². The Bertz CT molecular complexity index is 2400. The van der Waals surface area contributed by atoms with Gasteiger partial charge >= 0.3 is 0 Å². The number of hydrogen-bond donors (Lipinski definition) is 4. The zero-order valence-corrected chi connectivity index (χ0v) is 37.3. The van der Waals surface area contributed by atoms with Gasteiger partial charge in [-0.05, 0) is 110 Å². The van der Waals surface area contributed by atoms with E-state index in [1.807, 2.05) is 13.1 Å². The number of piperidine rings is 2. The average Bonchev–Trinajstić information content (AvgIpc) is 3.95. The highest BCUT2D eigenvalue weighted by Gasteiger charge is 2.40. The predicted molar refractivity (Wildman–Crippen MR) is 238 cm³/mol. The maximum atomic E-state index is 13.8. The number of rotatable bonds is 10. The summed E-state index contributed by atoms with van der Waals surface area (Å²) in [5, 5.41) is 37.5. The van der Waals surface area contributed by atoms with Gasteiger partial charge in [0.05, 0.1) is 23.8 Å². The second kappa shape index (κ2) is 17.8. The standard InChI is InChI=1S/C24H30F2N6.C23H27F2N5O/c1-23(2)11-17(12-24(3,4)31-23)32(5)21-9-8-20(29-30-21)18-7-6-15(10-19(18)22(25)26)16-13-27-28-14-16;1-22(2)10-16(11-23(3,4)30-22)31-20-8-7-19(28-29-20)17-6-5-14(9-18(17)21(24)25)15-12-26-27-13-15/h6-10,13-14,17,22,31H,11-12H2,1-5H3,(H,27,28);5-9,12-13,16,21,30H,10-11H2,1-4H3,(H,26,27). The molecule has 0 bridgehead atoms. The molecule has 0 unspecified atom stereocenters. The van der Waals surface area contributed by atoms with E-state index < -0.39 is 12.9 Å². The van der Waals surface area contributed by atoms with Crippen molar-refractivity contribution in [2.75, 3.05) is 11.9 Å². The quantitative estimate of drug-likeness (QED) is 0.0982. The Morgan fingerprint density at radius 3 is 1.43 bits per heavy atom. The number of nitrogens with zero attached hydrogens (tertiary/aromatic N) is 7. The van der Waals surface area contributed by atoms with Crippen molar-refractivity contribution in [3.8, 4) is 50.6 Å². The first kappa shape index (κ1) is 45.3. The van der Waals surface area contributed by atoms with Gasteiger partial charge < -0.3 is 20.3 Å². The summed E-state index contributed by atoms with van der Waals surface area (Å²) in [6.07, 6.45) is 4.91. The molecule has 0 atom stereocenters. The molecule has 16 heteroatoms. The van der Waals surface area contributed by atoms with Crippen molar-refractivity contribution in [1.29, 1.82) is 0 Å². The molecule has 2 saturated heterocycles. The molecule has 6 heterocycles. The summed E-state index contributed by atoms with van der Waals surface area (Å²) < 4.78 is 61.3. The molecule has 334 valence electrons. The van der Waals surface area contributed by atoms with Gasteiger partial charge in [0.2, 0.25) is 5.88 Å². The number of aromatic amines is 2. The van der Waals surface area contributed by atoms with Crippen LogP contribution in [-0.4, -0.2) is 82.1 Å². The lowest BCUT2D eigenvalue weighted by Gasteiger charge is -2.49. The fraction of sp³-hybridized carbons (Fsp3) is 0.447. The molecule has 0 saturated carbocycles. The molecule has 2 aliphatic rings. The molecule has 12 nitrogen and oxygen atoms in total. The number of anilines is 1. The third kappa shape index (κ3) is 11.1. The summed E-state index contributed by atoms with van der Waals surface area (Å²) in [5.41, 5.74) is 4.15. The zero-order chi connectivity index (χ0) is 45.3. The molecule has 6 aromatic rings. The van der Waals surface area contributed by atoms with Gasteiger partial charge in [0.25, 0.3) is 12.9 Å². The van der Waals surface area contributed by atoms with Crippen molar-refractivity contribution >= 4 is 5.82 Å². The van der Waals surface area contributed by atoms with Crippen LogP contribution in [0.4, 0.5) is 23.4 Å². The molecule has 0 amide bonds. The molecule has 63 heavy (non-hydrogen) atoms. The fourth-order valence-corrected chi connectivity index (χ4v) is 9.53. The minimum atomic E-state index is -2.64. The van der Waals surface area contributed by atoms with Gasteiger partial charge in [0.1, 0.15) is 6.10 Å². The minimum Gasteiger partial charge on any atom is -0.473 e. The van der Waals surface area contributed by atoms with Crippen LogP contribution in [0.15, 0.2) is 85.5 Å². The number of alkyl halides is 4. The van der Waals surface area contributed by atoms with Gasteiger partial charge in [-0.25, -0.2) is 17.6 Å². The molecule has 2 fully saturated rings. The van der Waals surface area contributed by atoms with E-state index in [0.29, 0.717) is 45.6 Å². The van der Waals surface area contributed by atoms with Crippen LogP contribution in [0.1, 0.15) is 105 Å². The third-order valence-corrected chi connectivity index (χ3v) is 11.6. The number of hydrogen-bond acceptors (Lipinski definition) is 10. The summed E-state index contributed by atoms with van der Waals surface area (Å²) in [5.74, 6) is 1.14. The van der Waals surface area contributed by atoms with E-state index in [0.717, 1.165) is 42.6 Å². The van der Waals surface area contributed by atoms with Crippen molar-refractivity contribution in [1.82, 2.24) is 51.4 Å². The summed E-state index contributed by atoms with van der Waals surface area (Å²) in [7, 11) is 2.02. The Labute approximate surface area is 366 Å². The highest BCUT2D eigenvalue weighted by molar-refractivity contribution is 5.73. The van der Waals surface area contributed by atoms with Gasteiger partial charge in [0.15, 0.2) is 5.82 Å². The number of halogens is 4. The molecular weight excluding hydrogens is 811 g/mol. The van der Waals surface area contributed by atoms with E-state index in [4.69, 9.17) is 4.74 Å². The van der Waals surface area contributed by atoms with Crippen LogP contribution < -0.4 is 20.3 Å². The second-order valence-electron chi connectivity index (χ2n) is 19.3. The van der Waals surface area contributed by atoms with E-state index in [1.165, 1.54) is 12.1 Å². The van der Waals surface area contributed by atoms with Crippen molar-refractivity contribution in [2.24, 2.45) is 0 Å². The van der Waals surface area contributed by atoms with Gasteiger partial charge in [-0.3, -0.25) is 10.2 Å². The molecule has 2 aromatic carbocycles. The maximum absolute atomic E-state index is 13.8. The zero-order valence-electron chi connectivity index (χ0n) is 37.3. The summed E-state index contributed by atoms with van der Waals surface area (Å²) in [6.45, 7) is 17.4. The largest absolute Gasteiger partial charge is 0.473 e. The van der Waals surface area contributed by atoms with Crippen LogP contribution in [0, 0.1) is 0 Å². The molecule has 8 rings (SSSR count). The first-order chi connectivity index (χ1) is 29.7. The SMILES string of the molecule is CC1(C)CC(Oc2ccc(-c3ccc(-c4cn[nH]c4)cc3C(F)F)nn2)CC(C)(C)N1.CN(c1ccc(-c2ccc(-c3cn[nH]c3)cc2C(F)F)nn1)C1CC(C)(C)NC(C)(C)C1. The summed E-state index contributed by atoms with van der Waals surface area (Å²) in [6, 6.07) is 17.2. The lowest BCUT2D eigenvalue weighted by molar-refractivity contribution is 0.0524. The molecule has 0 spiro atoms. The van der Waals surface area contributed by atoms with Crippen LogP contribution >= 0.6 is 0 Å². The first-order valence-electron chi connectivity index (χ1n) is 21.2. The molecule has 2 aliphatic heterocycles. The first-order valence-corrected chi connectivity index (χ1v) is 21.2. The second-order valence-corrected chi connectivity index (χ2v) is 19.3. The highest BCUT2D eigenvalue weighted by Crippen LogP contribution is 2.37. The smallest absolute Gasteiger partial charge is 0.264 e. The van der Waals surface area contributed by atoms with E-state index >= 15 is 0 Å². The number of benzene rings is 2. The Morgan fingerprint density at radius 1 is 0.571 bits per heavy atom. The highest BCUT2D eigenvalue weighted by atomic mass is 19.3. The lowest BCUT2D eigenvalue weighted by atomic mass is 9.79. The molecule has 0 aliphatic carbocycles. The van der Waals surface area contributed by atoms with E-state index in [-0.39, 0.29) is 39.4 Å². The predicted octanol–water partition coefficient (Wildman–Crippen LogP) is 10.4. The van der Waals surface area contributed by atoms with Gasteiger partial charge in [-0.2, -0.15) is 10.2 Å². The molecule has 0 radical (unpaired) electrons. The Kier molecular flexibility index (Phi) is 12.8. The molecule has 4 N–H and O–H groups in total. The molecular formula is C47H57F4N11O. The van der Waals surface area contributed by atoms with Crippen molar-refractivity contribution in [3.05, 3.63) is 96.6 Å². The lowest BCUT2D eigenvalue weighted by Crippen LogP contribution is -2.62. The topological polar surface area (TPSA) is 145 Å². The summed E-state index contributed by atoms with van der Waals surface area (Å²) in [4.78, 5) is 2.15. The van der Waals surface area contributed by atoms with Gasteiger partial charge in [-0.1, -0.05) is 24.3 Å². The van der Waals surface area contributed by atoms with Gasteiger partial charge in [-0.15, -0.1) is 20.4 Å². The van der Waals surface area contributed by atoms with Crippen LogP contribution in [-0.2, 0) is 0 Å². The van der Waals surface area contributed by atoms with E-state index in [9.17, 15) is 17.6 Å². The third-order valence-electron chi connectivity index (χ3n) is 11.6. The van der Waals surface area contributed by atoms with Crippen molar-refractivity contribution in [3.63, 3.8) is 0 Å². The van der Waals surface area contributed by atoms with E-state index in [1.54, 1.807) is 67.3 Å². The maximum Gasteiger partial charge on any atom is 0.264 e. The normalized spacial score (nSPS) is 18.2. The average molecular weight is 868 g/mol. The monoisotopic (exact) mass is 867 g/mol. The van der Waals surface area contributed by atoms with Crippen molar-refractivity contribution in [2.45, 2.75) is 128 Å². The minimum absolute atomic E-state index is 0.00253. The Balaban J connectivity index is 0.000000189. The van der Waals surface area contributed by atoms with Crippen LogP contribution in [0.5, 0.6) is 5.88 Å². The molecule has 4 aromatic heterocycles. The fourth-order valence-electron chi connectivity index (χ4n) is 9.53. The number of nitrogens with one attached hydrogen (secondary N) is 4. The van der Waals surface area contributed by atoms with E-state index in [2.05, 4.69) is 112 Å². The van der Waals surface area contributed by atoms with Gasteiger partial charge in [0, 0.05) is 99.9 Å². The number of aromatic nitrogens is 8. The number of ether oxygens (including phenoxy) is 1.